The molecule has 5 aromatic rings. The van der Waals surface area contributed by atoms with Crippen molar-refractivity contribution in [2.45, 2.75) is 69.7 Å². The molecule has 0 aromatic heterocycles. The zero-order valence-corrected chi connectivity index (χ0v) is 28.2. The Bertz CT molecular complexity index is 1690. The van der Waals surface area contributed by atoms with Crippen molar-refractivity contribution in [3.8, 4) is 0 Å². The summed E-state index contributed by atoms with van der Waals surface area (Å²) in [6.07, 6.45) is -3.76. The lowest BCUT2D eigenvalue weighted by atomic mass is 10.1. The third-order valence-corrected chi connectivity index (χ3v) is 8.81. The van der Waals surface area contributed by atoms with Gasteiger partial charge in [-0.1, -0.05) is 127 Å². The quantitative estimate of drug-likeness (QED) is 0.101. The number of rotatable bonds is 19. The number of hydrogen-bond acceptors (Lipinski definition) is 8. The number of aliphatic hydroxyl groups excluding tert-OH is 2. The standard InChI is InChI=1S/C42H46O8/c43-24-38-37(44)23-41(50-38)48-30-40(47-27-32-14-6-2-7-15-32)42(49-28-33-16-8-3-9-17-33)39(46-26-31-12-4-1-5-13-31)29-45-25-34-20-21-35-18-10-11-19-36(35)22-34/h1-22,37-44H,23-30H2/t37-,38?,39?,40?,41?,42?/m1/s1. The molecule has 1 aliphatic rings. The van der Waals surface area contributed by atoms with Gasteiger partial charge in [0.2, 0.25) is 0 Å². The van der Waals surface area contributed by atoms with Crippen LogP contribution in [0.25, 0.3) is 10.8 Å². The largest absolute Gasteiger partial charge is 0.394 e. The Labute approximate surface area is 294 Å². The molecule has 0 spiro atoms. The maximum absolute atomic E-state index is 10.4. The maximum Gasteiger partial charge on any atom is 0.160 e. The van der Waals surface area contributed by atoms with E-state index in [1.807, 2.05) is 103 Å². The first kappa shape index (κ1) is 35.9. The zero-order chi connectivity index (χ0) is 34.4. The smallest absolute Gasteiger partial charge is 0.160 e. The summed E-state index contributed by atoms with van der Waals surface area (Å²) >= 11 is 0. The van der Waals surface area contributed by atoms with E-state index < -0.39 is 36.8 Å². The minimum absolute atomic E-state index is 0.0949. The average Bonchev–Trinajstić information content (AvgIpc) is 3.54. The molecule has 0 bridgehead atoms. The zero-order valence-electron chi connectivity index (χ0n) is 28.2. The number of benzene rings is 5. The minimum Gasteiger partial charge on any atom is -0.394 e. The first-order valence-electron chi connectivity index (χ1n) is 17.2. The Hall–Kier alpha value is -3.96. The molecule has 1 aliphatic heterocycles. The van der Waals surface area contributed by atoms with Gasteiger partial charge in [0, 0.05) is 6.42 Å². The molecule has 8 heteroatoms. The van der Waals surface area contributed by atoms with Gasteiger partial charge in [0.1, 0.15) is 24.4 Å². The molecule has 1 fully saturated rings. The topological polar surface area (TPSA) is 95.8 Å². The highest BCUT2D eigenvalue weighted by molar-refractivity contribution is 5.82. The third kappa shape index (κ3) is 10.5. The van der Waals surface area contributed by atoms with Crippen LogP contribution in [0.2, 0.25) is 0 Å². The van der Waals surface area contributed by atoms with E-state index in [9.17, 15) is 10.2 Å². The van der Waals surface area contributed by atoms with Crippen LogP contribution in [-0.2, 0) is 54.8 Å². The van der Waals surface area contributed by atoms with Crippen molar-refractivity contribution in [3.05, 3.63) is 156 Å². The van der Waals surface area contributed by atoms with Crippen LogP contribution in [0.3, 0.4) is 0 Å². The lowest BCUT2D eigenvalue weighted by Crippen LogP contribution is -2.47. The molecule has 2 N–H and O–H groups in total. The van der Waals surface area contributed by atoms with Gasteiger partial charge in [-0.25, -0.2) is 0 Å². The summed E-state index contributed by atoms with van der Waals surface area (Å²) in [5.74, 6) is 0. The molecule has 8 nitrogen and oxygen atoms in total. The van der Waals surface area contributed by atoms with Gasteiger partial charge in [-0.2, -0.15) is 0 Å². The highest BCUT2D eigenvalue weighted by Crippen LogP contribution is 2.25. The van der Waals surface area contributed by atoms with E-state index >= 15 is 0 Å². The Morgan fingerprint density at radius 1 is 0.580 bits per heavy atom. The number of aliphatic hydroxyl groups is 2. The van der Waals surface area contributed by atoms with Gasteiger partial charge < -0.3 is 38.6 Å². The van der Waals surface area contributed by atoms with Crippen molar-refractivity contribution >= 4 is 10.8 Å². The van der Waals surface area contributed by atoms with Gasteiger partial charge in [0.25, 0.3) is 0 Å². The first-order valence-corrected chi connectivity index (χ1v) is 17.2. The third-order valence-electron chi connectivity index (χ3n) is 8.81. The number of fused-ring (bicyclic) bond motifs is 1. The van der Waals surface area contributed by atoms with E-state index in [1.165, 1.54) is 5.39 Å². The molecule has 1 heterocycles. The van der Waals surface area contributed by atoms with Crippen LogP contribution in [0.1, 0.15) is 28.7 Å². The van der Waals surface area contributed by atoms with Gasteiger partial charge >= 0.3 is 0 Å². The second kappa shape index (κ2) is 18.9. The van der Waals surface area contributed by atoms with E-state index in [0.717, 1.165) is 27.6 Å². The molecule has 0 aliphatic carbocycles. The van der Waals surface area contributed by atoms with E-state index in [0.29, 0.717) is 26.4 Å². The highest BCUT2D eigenvalue weighted by Gasteiger charge is 2.37. The Balaban J connectivity index is 1.25. The predicted molar refractivity (Wildman–Crippen MR) is 191 cm³/mol. The molecular weight excluding hydrogens is 632 g/mol. The van der Waals surface area contributed by atoms with Gasteiger partial charge in [0.05, 0.1) is 52.4 Å². The monoisotopic (exact) mass is 678 g/mol. The molecule has 0 saturated carbocycles. The molecule has 5 aromatic carbocycles. The van der Waals surface area contributed by atoms with Crippen molar-refractivity contribution in [2.75, 3.05) is 19.8 Å². The van der Waals surface area contributed by atoms with E-state index in [1.54, 1.807) is 0 Å². The Morgan fingerprint density at radius 3 is 1.70 bits per heavy atom. The normalized spacial score (nSPS) is 19.4. The van der Waals surface area contributed by atoms with Crippen molar-refractivity contribution in [3.63, 3.8) is 0 Å². The van der Waals surface area contributed by atoms with E-state index in [4.69, 9.17) is 28.4 Å². The Morgan fingerprint density at radius 2 is 1.12 bits per heavy atom. The van der Waals surface area contributed by atoms with Crippen molar-refractivity contribution in [1.82, 2.24) is 0 Å². The number of hydrogen-bond donors (Lipinski definition) is 2. The molecule has 50 heavy (non-hydrogen) atoms. The van der Waals surface area contributed by atoms with Crippen LogP contribution >= 0.6 is 0 Å². The fourth-order valence-corrected chi connectivity index (χ4v) is 6.04. The molecular formula is C42H46O8. The summed E-state index contributed by atoms with van der Waals surface area (Å²) in [7, 11) is 0. The molecule has 0 radical (unpaired) electrons. The summed E-state index contributed by atoms with van der Waals surface area (Å²) in [6, 6.07) is 44.5. The summed E-state index contributed by atoms with van der Waals surface area (Å²) in [5.41, 5.74) is 4.09. The van der Waals surface area contributed by atoms with Crippen LogP contribution in [0.5, 0.6) is 0 Å². The lowest BCUT2D eigenvalue weighted by Gasteiger charge is -2.34. The SMILES string of the molecule is OCC1OC(OCC(OCc2ccccc2)C(OCc2ccccc2)C(COCc2ccc3ccccc3c2)OCc2ccccc2)C[C@H]1O. The van der Waals surface area contributed by atoms with Gasteiger partial charge in [-0.3, -0.25) is 0 Å². The van der Waals surface area contributed by atoms with Crippen molar-refractivity contribution in [1.29, 1.82) is 0 Å². The molecule has 6 rings (SSSR count). The van der Waals surface area contributed by atoms with Crippen LogP contribution < -0.4 is 0 Å². The predicted octanol–water partition coefficient (Wildman–Crippen LogP) is 6.60. The molecule has 262 valence electrons. The fourth-order valence-electron chi connectivity index (χ4n) is 6.04. The van der Waals surface area contributed by atoms with Crippen LogP contribution in [-0.4, -0.2) is 66.8 Å². The summed E-state index contributed by atoms with van der Waals surface area (Å²) in [6.45, 7) is 1.41. The van der Waals surface area contributed by atoms with Gasteiger partial charge in [0.15, 0.2) is 6.29 Å². The van der Waals surface area contributed by atoms with Gasteiger partial charge in [-0.15, -0.1) is 0 Å². The molecule has 5 unspecified atom stereocenters. The molecule has 6 atom stereocenters. The summed E-state index contributed by atoms with van der Waals surface area (Å²) in [4.78, 5) is 0. The van der Waals surface area contributed by atoms with Crippen LogP contribution in [0.15, 0.2) is 133 Å². The lowest BCUT2D eigenvalue weighted by molar-refractivity contribution is -0.206. The van der Waals surface area contributed by atoms with Crippen LogP contribution in [0, 0.1) is 0 Å². The first-order chi connectivity index (χ1) is 24.6. The van der Waals surface area contributed by atoms with E-state index in [2.05, 4.69) is 30.3 Å². The van der Waals surface area contributed by atoms with Crippen molar-refractivity contribution < 1.29 is 38.6 Å². The molecule has 0 amide bonds. The minimum atomic E-state index is -0.815. The van der Waals surface area contributed by atoms with Crippen molar-refractivity contribution in [2.24, 2.45) is 0 Å². The summed E-state index contributed by atoms with van der Waals surface area (Å²) in [5, 5.41) is 22.3. The summed E-state index contributed by atoms with van der Waals surface area (Å²) < 4.78 is 38.4. The average molecular weight is 679 g/mol. The second-order valence-electron chi connectivity index (χ2n) is 12.6. The highest BCUT2D eigenvalue weighted by atomic mass is 16.7. The number of ether oxygens (including phenoxy) is 6. The Kier molecular flexibility index (Phi) is 13.5. The second-order valence-corrected chi connectivity index (χ2v) is 12.6. The molecule has 1 saturated heterocycles. The maximum atomic E-state index is 10.4. The van der Waals surface area contributed by atoms with E-state index in [-0.39, 0.29) is 26.2 Å². The fraction of sp³-hybridized carbons (Fsp3) is 0.333. The van der Waals surface area contributed by atoms with Crippen LogP contribution in [0.4, 0.5) is 0 Å². The van der Waals surface area contributed by atoms with Gasteiger partial charge in [-0.05, 0) is 39.1 Å².